The maximum absolute atomic E-state index is 9.23. The predicted octanol–water partition coefficient (Wildman–Crippen LogP) is 2.87. The van der Waals surface area contributed by atoms with E-state index in [2.05, 4.69) is 17.2 Å². The number of nitrogens with one attached hydrogen (secondary N) is 1. The van der Waals surface area contributed by atoms with Crippen molar-refractivity contribution in [3.05, 3.63) is 16.1 Å². The van der Waals surface area contributed by atoms with Crippen LogP contribution in [0.5, 0.6) is 0 Å². The fourth-order valence-electron chi connectivity index (χ4n) is 2.90. The molecule has 0 bridgehead atoms. The number of hydrogen-bond acceptors (Lipinski definition) is 4. The van der Waals surface area contributed by atoms with Gasteiger partial charge in [0.05, 0.1) is 11.2 Å². The molecule has 3 nitrogen and oxygen atoms in total. The van der Waals surface area contributed by atoms with Crippen molar-refractivity contribution in [2.45, 2.75) is 58.0 Å². The second kappa shape index (κ2) is 7.22. The van der Waals surface area contributed by atoms with Crippen LogP contribution in [-0.2, 0) is 6.54 Å². The van der Waals surface area contributed by atoms with E-state index in [1.165, 1.54) is 37.0 Å². The van der Waals surface area contributed by atoms with Crippen LogP contribution in [0.15, 0.2) is 5.51 Å². The first kappa shape index (κ1) is 14.0. The maximum Gasteiger partial charge on any atom is 0.0798 e. The molecule has 1 aliphatic rings. The van der Waals surface area contributed by atoms with Crippen LogP contribution < -0.4 is 5.32 Å². The van der Waals surface area contributed by atoms with Gasteiger partial charge >= 0.3 is 0 Å². The Kier molecular flexibility index (Phi) is 5.60. The van der Waals surface area contributed by atoms with Crippen molar-refractivity contribution in [1.82, 2.24) is 10.3 Å². The molecule has 1 aromatic heterocycles. The first-order chi connectivity index (χ1) is 8.81. The predicted molar refractivity (Wildman–Crippen MR) is 75.8 cm³/mol. The van der Waals surface area contributed by atoms with Crippen molar-refractivity contribution in [1.29, 1.82) is 0 Å². The zero-order valence-electron chi connectivity index (χ0n) is 11.2. The Morgan fingerprint density at radius 2 is 2.22 bits per heavy atom. The van der Waals surface area contributed by atoms with Gasteiger partial charge in [0.15, 0.2) is 0 Å². The van der Waals surface area contributed by atoms with Gasteiger partial charge in [0, 0.05) is 24.1 Å². The molecule has 1 unspecified atom stereocenters. The molecule has 0 saturated heterocycles. The highest BCUT2D eigenvalue weighted by Gasteiger charge is 2.23. The zero-order valence-corrected chi connectivity index (χ0v) is 12.0. The summed E-state index contributed by atoms with van der Waals surface area (Å²) in [6.07, 6.45) is 7.61. The SMILES string of the molecule is Cc1ncsc1CNC(CCO)C1CCCCC1. The van der Waals surface area contributed by atoms with Gasteiger partial charge in [-0.2, -0.15) is 0 Å². The van der Waals surface area contributed by atoms with Crippen LogP contribution in [-0.4, -0.2) is 22.7 Å². The van der Waals surface area contributed by atoms with Gasteiger partial charge in [-0.1, -0.05) is 19.3 Å². The van der Waals surface area contributed by atoms with E-state index in [0.717, 1.165) is 24.6 Å². The number of aromatic nitrogens is 1. The minimum atomic E-state index is 0.288. The number of aryl methyl sites for hydroxylation is 1. The zero-order chi connectivity index (χ0) is 12.8. The number of aliphatic hydroxyl groups excluding tert-OH is 1. The highest BCUT2D eigenvalue weighted by atomic mass is 32.1. The molecule has 0 amide bonds. The lowest BCUT2D eigenvalue weighted by Gasteiger charge is -2.30. The Balaban J connectivity index is 1.87. The topological polar surface area (TPSA) is 45.2 Å². The van der Waals surface area contributed by atoms with Crippen molar-refractivity contribution >= 4 is 11.3 Å². The van der Waals surface area contributed by atoms with Gasteiger partial charge in [0.2, 0.25) is 0 Å². The molecule has 0 spiro atoms. The van der Waals surface area contributed by atoms with E-state index in [0.29, 0.717) is 6.04 Å². The third-order valence-electron chi connectivity index (χ3n) is 4.03. The van der Waals surface area contributed by atoms with E-state index in [4.69, 9.17) is 0 Å². The molecule has 18 heavy (non-hydrogen) atoms. The summed E-state index contributed by atoms with van der Waals surface area (Å²) in [4.78, 5) is 5.61. The Morgan fingerprint density at radius 3 is 2.83 bits per heavy atom. The van der Waals surface area contributed by atoms with Gasteiger partial charge < -0.3 is 10.4 Å². The summed E-state index contributed by atoms with van der Waals surface area (Å²) in [5.41, 5.74) is 3.05. The van der Waals surface area contributed by atoms with Crippen molar-refractivity contribution < 1.29 is 5.11 Å². The Labute approximate surface area is 114 Å². The van der Waals surface area contributed by atoms with Crippen molar-refractivity contribution in [3.63, 3.8) is 0 Å². The van der Waals surface area contributed by atoms with E-state index in [-0.39, 0.29) is 6.61 Å². The van der Waals surface area contributed by atoms with Crippen LogP contribution in [0.2, 0.25) is 0 Å². The fourth-order valence-corrected chi connectivity index (χ4v) is 3.63. The minimum absolute atomic E-state index is 0.288. The van der Waals surface area contributed by atoms with Gasteiger partial charge in [-0.15, -0.1) is 11.3 Å². The molecular formula is C14H24N2OS. The number of rotatable bonds is 6. The molecule has 1 fully saturated rings. The summed E-state index contributed by atoms with van der Waals surface area (Å²) in [5, 5.41) is 12.9. The van der Waals surface area contributed by atoms with E-state index in [9.17, 15) is 5.11 Å². The first-order valence-corrected chi connectivity index (χ1v) is 7.92. The fraction of sp³-hybridized carbons (Fsp3) is 0.786. The molecular weight excluding hydrogens is 244 g/mol. The molecule has 1 saturated carbocycles. The standard InChI is InChI=1S/C14H24N2OS/c1-11-14(18-10-16-11)9-15-13(7-8-17)12-5-3-2-4-6-12/h10,12-13,15,17H,2-9H2,1H3. The summed E-state index contributed by atoms with van der Waals surface area (Å²) in [5.74, 6) is 0.749. The average Bonchev–Trinajstić information content (AvgIpc) is 2.81. The van der Waals surface area contributed by atoms with E-state index in [1.807, 2.05) is 5.51 Å². The Morgan fingerprint density at radius 1 is 1.44 bits per heavy atom. The Hall–Kier alpha value is -0.450. The smallest absolute Gasteiger partial charge is 0.0798 e. The lowest BCUT2D eigenvalue weighted by atomic mass is 9.83. The molecule has 4 heteroatoms. The molecule has 1 atom stereocenters. The molecule has 0 aliphatic heterocycles. The minimum Gasteiger partial charge on any atom is -0.396 e. The van der Waals surface area contributed by atoms with Crippen LogP contribution >= 0.6 is 11.3 Å². The molecule has 102 valence electrons. The van der Waals surface area contributed by atoms with E-state index < -0.39 is 0 Å². The van der Waals surface area contributed by atoms with Crippen molar-refractivity contribution in [2.24, 2.45) is 5.92 Å². The van der Waals surface area contributed by atoms with Crippen LogP contribution in [0.3, 0.4) is 0 Å². The summed E-state index contributed by atoms with van der Waals surface area (Å²) in [6, 6.07) is 0.469. The normalized spacial score (nSPS) is 19.0. The summed E-state index contributed by atoms with van der Waals surface area (Å²) < 4.78 is 0. The molecule has 0 aromatic carbocycles. The third kappa shape index (κ3) is 3.77. The molecule has 0 radical (unpaired) electrons. The summed E-state index contributed by atoms with van der Waals surface area (Å²) in [7, 11) is 0. The molecule has 2 N–H and O–H groups in total. The largest absolute Gasteiger partial charge is 0.396 e. The van der Waals surface area contributed by atoms with Crippen LogP contribution in [0.4, 0.5) is 0 Å². The van der Waals surface area contributed by atoms with E-state index >= 15 is 0 Å². The number of nitrogens with zero attached hydrogens (tertiary/aromatic N) is 1. The third-order valence-corrected chi connectivity index (χ3v) is 4.96. The lowest BCUT2D eigenvalue weighted by Crippen LogP contribution is -2.37. The molecule has 1 heterocycles. The summed E-state index contributed by atoms with van der Waals surface area (Å²) >= 11 is 1.72. The van der Waals surface area contributed by atoms with Gasteiger partial charge in [0.25, 0.3) is 0 Å². The van der Waals surface area contributed by atoms with Gasteiger partial charge in [-0.05, 0) is 32.1 Å². The maximum atomic E-state index is 9.23. The molecule has 1 aromatic rings. The quantitative estimate of drug-likeness (QED) is 0.834. The van der Waals surface area contributed by atoms with Gasteiger partial charge in [0.1, 0.15) is 0 Å². The number of aliphatic hydroxyl groups is 1. The highest BCUT2D eigenvalue weighted by molar-refractivity contribution is 7.09. The second-order valence-corrected chi connectivity index (χ2v) is 6.20. The first-order valence-electron chi connectivity index (χ1n) is 7.04. The Bertz CT molecular complexity index is 347. The monoisotopic (exact) mass is 268 g/mol. The average molecular weight is 268 g/mol. The lowest BCUT2D eigenvalue weighted by molar-refractivity contribution is 0.206. The van der Waals surface area contributed by atoms with Crippen LogP contribution in [0, 0.1) is 12.8 Å². The second-order valence-electron chi connectivity index (χ2n) is 5.26. The van der Waals surface area contributed by atoms with Crippen molar-refractivity contribution in [2.75, 3.05) is 6.61 Å². The summed E-state index contributed by atoms with van der Waals surface area (Å²) in [6.45, 7) is 3.25. The number of hydrogen-bond donors (Lipinski definition) is 2. The number of thiazole rings is 1. The van der Waals surface area contributed by atoms with E-state index in [1.54, 1.807) is 11.3 Å². The molecule has 2 rings (SSSR count). The van der Waals surface area contributed by atoms with Gasteiger partial charge in [-0.3, -0.25) is 0 Å². The highest BCUT2D eigenvalue weighted by Crippen LogP contribution is 2.28. The van der Waals surface area contributed by atoms with Crippen LogP contribution in [0.25, 0.3) is 0 Å². The van der Waals surface area contributed by atoms with Crippen LogP contribution in [0.1, 0.15) is 49.1 Å². The van der Waals surface area contributed by atoms with Gasteiger partial charge in [-0.25, -0.2) is 4.98 Å². The molecule has 1 aliphatic carbocycles. The van der Waals surface area contributed by atoms with Crippen molar-refractivity contribution in [3.8, 4) is 0 Å².